The number of carbonyl (C=O) groups is 2. The quantitative estimate of drug-likeness (QED) is 0.699. The summed E-state index contributed by atoms with van der Waals surface area (Å²) in [6.45, 7) is 9.25. The highest BCUT2D eigenvalue weighted by Crippen LogP contribution is 2.36. The van der Waals surface area contributed by atoms with Crippen LogP contribution in [0.2, 0.25) is 0 Å². The molecule has 0 saturated carbocycles. The molecule has 2 aromatic rings. The van der Waals surface area contributed by atoms with Crippen molar-refractivity contribution in [2.45, 2.75) is 72.3 Å². The molecule has 2 aliphatic heterocycles. The number of amides is 2. The minimum atomic E-state index is -0.439. The van der Waals surface area contributed by atoms with Gasteiger partial charge < -0.3 is 4.90 Å². The molecule has 3 heterocycles. The van der Waals surface area contributed by atoms with E-state index in [1.54, 1.807) is 0 Å². The molecule has 0 radical (unpaired) electrons. The topological polar surface area (TPSA) is 66.4 Å². The van der Waals surface area contributed by atoms with Gasteiger partial charge in [-0.15, -0.1) is 0 Å². The van der Waals surface area contributed by atoms with Gasteiger partial charge in [0, 0.05) is 36.2 Å². The summed E-state index contributed by atoms with van der Waals surface area (Å²) >= 11 is 0. The Labute approximate surface area is 191 Å². The Morgan fingerprint density at radius 1 is 1.12 bits per heavy atom. The van der Waals surface area contributed by atoms with Crippen LogP contribution in [0.5, 0.6) is 0 Å². The molecule has 1 aromatic heterocycles. The maximum absolute atomic E-state index is 13.0. The van der Waals surface area contributed by atoms with Crippen LogP contribution >= 0.6 is 0 Å². The lowest BCUT2D eigenvalue weighted by Crippen LogP contribution is -2.40. The maximum atomic E-state index is 13.0. The van der Waals surface area contributed by atoms with Crippen LogP contribution in [0.15, 0.2) is 30.3 Å². The fourth-order valence-corrected chi connectivity index (χ4v) is 4.78. The molecule has 1 atom stereocenters. The van der Waals surface area contributed by atoms with E-state index in [4.69, 9.17) is 9.97 Å². The van der Waals surface area contributed by atoms with Crippen LogP contribution in [-0.2, 0) is 22.4 Å². The van der Waals surface area contributed by atoms with Gasteiger partial charge in [-0.1, -0.05) is 51.1 Å². The molecule has 1 aromatic carbocycles. The van der Waals surface area contributed by atoms with Gasteiger partial charge >= 0.3 is 0 Å². The molecule has 1 saturated heterocycles. The minimum Gasteiger partial charge on any atom is -0.332 e. The summed E-state index contributed by atoms with van der Waals surface area (Å²) in [5, 5.41) is 0. The van der Waals surface area contributed by atoms with Crippen molar-refractivity contribution in [2.75, 3.05) is 18.0 Å². The van der Waals surface area contributed by atoms with Crippen LogP contribution in [0.25, 0.3) is 0 Å². The van der Waals surface area contributed by atoms with E-state index in [0.29, 0.717) is 25.2 Å². The first kappa shape index (κ1) is 22.4. The van der Waals surface area contributed by atoms with Gasteiger partial charge in [-0.05, 0) is 44.6 Å². The molecule has 170 valence electrons. The zero-order valence-corrected chi connectivity index (χ0v) is 19.7. The fraction of sp³-hybridized carbons (Fsp3) is 0.538. The maximum Gasteiger partial charge on any atom is 0.228 e. The average molecular weight is 435 g/mol. The van der Waals surface area contributed by atoms with E-state index in [1.807, 2.05) is 55.7 Å². The van der Waals surface area contributed by atoms with E-state index in [9.17, 15) is 9.59 Å². The summed E-state index contributed by atoms with van der Waals surface area (Å²) < 4.78 is 0. The molecule has 1 unspecified atom stereocenters. The van der Waals surface area contributed by atoms with E-state index in [2.05, 4.69) is 12.1 Å². The van der Waals surface area contributed by atoms with Crippen LogP contribution in [0.3, 0.4) is 0 Å². The molecule has 0 N–H and O–H groups in total. The number of aromatic nitrogens is 2. The van der Waals surface area contributed by atoms with Crippen molar-refractivity contribution in [3.05, 3.63) is 53.0 Å². The van der Waals surface area contributed by atoms with Crippen molar-refractivity contribution in [1.82, 2.24) is 14.9 Å². The normalized spacial score (nSPS) is 18.8. The van der Waals surface area contributed by atoms with Gasteiger partial charge in [-0.2, -0.15) is 0 Å². The zero-order valence-electron chi connectivity index (χ0n) is 19.7. The molecular formula is C26H34N4O2. The second-order valence-corrected chi connectivity index (χ2v) is 10.0. The number of rotatable bonds is 5. The lowest BCUT2D eigenvalue weighted by Gasteiger charge is -2.33. The molecule has 0 bridgehead atoms. The third-order valence-electron chi connectivity index (χ3n) is 6.50. The predicted octanol–water partition coefficient (Wildman–Crippen LogP) is 4.41. The number of aryl methyl sites for hydroxylation is 2. The van der Waals surface area contributed by atoms with Gasteiger partial charge in [-0.25, -0.2) is 9.97 Å². The summed E-state index contributed by atoms with van der Waals surface area (Å²) in [5.74, 6) is 1.70. The van der Waals surface area contributed by atoms with Crippen molar-refractivity contribution in [3.63, 3.8) is 0 Å². The second-order valence-electron chi connectivity index (χ2n) is 10.0. The number of fused-ring (bicyclic) bond motifs is 1. The van der Waals surface area contributed by atoms with Gasteiger partial charge in [0.15, 0.2) is 5.82 Å². The molecular weight excluding hydrogens is 400 g/mol. The second kappa shape index (κ2) is 9.00. The van der Waals surface area contributed by atoms with Crippen LogP contribution in [0, 0.1) is 12.3 Å². The Balaban J connectivity index is 1.59. The van der Waals surface area contributed by atoms with Gasteiger partial charge in [0.25, 0.3) is 0 Å². The standard InChI is InChI=1S/C26H34N4O2/c1-18-20-14-15-22(31)30(17-8-12-19-10-6-5-7-11-19)24(20)28-23(27-18)21-13-9-16-29(21)25(32)26(2,3)4/h5-7,10-11,21H,8-9,12-17H2,1-4H3. The van der Waals surface area contributed by atoms with E-state index < -0.39 is 5.41 Å². The van der Waals surface area contributed by atoms with Crippen molar-refractivity contribution in [2.24, 2.45) is 5.41 Å². The number of nitrogens with zero attached hydrogens (tertiary/aromatic N) is 4. The van der Waals surface area contributed by atoms with Gasteiger partial charge in [0.1, 0.15) is 5.82 Å². The molecule has 4 rings (SSSR count). The van der Waals surface area contributed by atoms with Gasteiger partial charge in [0.05, 0.1) is 6.04 Å². The molecule has 1 fully saturated rings. The average Bonchev–Trinajstić information content (AvgIpc) is 3.24. The minimum absolute atomic E-state index is 0.117. The Bertz CT molecular complexity index is 997. The molecule has 2 amide bonds. The number of carbonyl (C=O) groups excluding carboxylic acids is 2. The smallest absolute Gasteiger partial charge is 0.228 e. The van der Waals surface area contributed by atoms with Gasteiger partial charge in [0.2, 0.25) is 11.8 Å². The van der Waals surface area contributed by atoms with Crippen molar-refractivity contribution >= 4 is 17.6 Å². The van der Waals surface area contributed by atoms with Gasteiger partial charge in [-0.3, -0.25) is 14.5 Å². The first-order chi connectivity index (χ1) is 15.3. The largest absolute Gasteiger partial charge is 0.332 e. The van der Waals surface area contributed by atoms with Crippen molar-refractivity contribution in [1.29, 1.82) is 0 Å². The summed E-state index contributed by atoms with van der Waals surface area (Å²) in [7, 11) is 0. The van der Waals surface area contributed by atoms with E-state index in [1.165, 1.54) is 5.56 Å². The van der Waals surface area contributed by atoms with Crippen molar-refractivity contribution in [3.8, 4) is 0 Å². The van der Waals surface area contributed by atoms with Crippen molar-refractivity contribution < 1.29 is 9.59 Å². The van der Waals surface area contributed by atoms with Crippen LogP contribution in [0.4, 0.5) is 5.82 Å². The monoisotopic (exact) mass is 434 g/mol. The third-order valence-corrected chi connectivity index (χ3v) is 6.50. The van der Waals surface area contributed by atoms with Crippen LogP contribution in [0.1, 0.15) is 75.1 Å². The third kappa shape index (κ3) is 4.54. The molecule has 6 heteroatoms. The summed E-state index contributed by atoms with van der Waals surface area (Å²) in [4.78, 5) is 39.4. The zero-order chi connectivity index (χ0) is 22.9. The number of likely N-dealkylation sites (tertiary alicyclic amines) is 1. The Morgan fingerprint density at radius 2 is 1.88 bits per heavy atom. The Hall–Kier alpha value is -2.76. The number of hydrogen-bond donors (Lipinski definition) is 0. The highest BCUT2D eigenvalue weighted by Gasteiger charge is 2.38. The van der Waals surface area contributed by atoms with E-state index in [-0.39, 0.29) is 17.9 Å². The molecule has 0 spiro atoms. The highest BCUT2D eigenvalue weighted by molar-refractivity contribution is 5.95. The molecule has 2 aliphatic rings. The summed E-state index contributed by atoms with van der Waals surface area (Å²) in [6.07, 6.45) is 4.80. The first-order valence-corrected chi connectivity index (χ1v) is 11.8. The lowest BCUT2D eigenvalue weighted by molar-refractivity contribution is -0.140. The van der Waals surface area contributed by atoms with Crippen LogP contribution in [-0.4, -0.2) is 39.8 Å². The Kier molecular flexibility index (Phi) is 6.31. The molecule has 32 heavy (non-hydrogen) atoms. The fourth-order valence-electron chi connectivity index (χ4n) is 4.78. The predicted molar refractivity (Wildman–Crippen MR) is 125 cm³/mol. The summed E-state index contributed by atoms with van der Waals surface area (Å²) in [6, 6.07) is 10.2. The summed E-state index contributed by atoms with van der Waals surface area (Å²) in [5.41, 5.74) is 2.84. The Morgan fingerprint density at radius 3 is 2.59 bits per heavy atom. The number of hydrogen-bond acceptors (Lipinski definition) is 4. The first-order valence-electron chi connectivity index (χ1n) is 11.8. The van der Waals surface area contributed by atoms with E-state index >= 15 is 0 Å². The molecule has 0 aliphatic carbocycles. The number of anilines is 1. The SMILES string of the molecule is Cc1nc(C2CCCN2C(=O)C(C)(C)C)nc2c1CCC(=O)N2CCCc1ccccc1. The highest BCUT2D eigenvalue weighted by atomic mass is 16.2. The molecule has 6 nitrogen and oxygen atoms in total. The van der Waals surface area contributed by atoms with Crippen LogP contribution < -0.4 is 4.90 Å². The lowest BCUT2D eigenvalue weighted by atomic mass is 9.94. The van der Waals surface area contributed by atoms with E-state index in [0.717, 1.165) is 49.3 Å². The number of benzene rings is 1.